The van der Waals surface area contributed by atoms with Gasteiger partial charge >= 0.3 is 0 Å². The van der Waals surface area contributed by atoms with E-state index in [1.165, 1.54) is 6.07 Å². The van der Waals surface area contributed by atoms with Gasteiger partial charge < -0.3 is 10.2 Å². The summed E-state index contributed by atoms with van der Waals surface area (Å²) >= 11 is 0. The number of halogens is 1. The van der Waals surface area contributed by atoms with Gasteiger partial charge in [-0.1, -0.05) is 19.9 Å². The van der Waals surface area contributed by atoms with E-state index in [4.69, 9.17) is 4.98 Å². The minimum atomic E-state index is -0.315. The van der Waals surface area contributed by atoms with E-state index in [-0.39, 0.29) is 23.7 Å². The molecule has 3 rings (SSSR count). The van der Waals surface area contributed by atoms with Gasteiger partial charge in [-0.15, -0.1) is 0 Å². The Kier molecular flexibility index (Phi) is 6.47. The monoisotopic (exact) mass is 399 g/mol. The molecular weight excluding hydrogens is 369 g/mol. The molecule has 1 aliphatic heterocycles. The number of carbonyl (C=O) groups is 1. The Morgan fingerprint density at radius 2 is 1.76 bits per heavy atom. The van der Waals surface area contributed by atoms with Gasteiger partial charge in [-0.3, -0.25) is 9.69 Å². The predicted octanol–water partition coefficient (Wildman–Crippen LogP) is 3.51. The molecule has 29 heavy (non-hydrogen) atoms. The topological polar surface area (TPSA) is 61.4 Å². The van der Waals surface area contributed by atoms with Crippen molar-refractivity contribution in [1.29, 1.82) is 0 Å². The number of rotatable bonds is 5. The molecule has 0 spiro atoms. The summed E-state index contributed by atoms with van der Waals surface area (Å²) in [6.07, 6.45) is 0. The number of benzene rings is 1. The van der Waals surface area contributed by atoms with Crippen LogP contribution in [0.5, 0.6) is 0 Å². The van der Waals surface area contributed by atoms with Crippen LogP contribution < -0.4 is 10.2 Å². The Morgan fingerprint density at radius 3 is 2.38 bits per heavy atom. The third-order valence-corrected chi connectivity index (χ3v) is 5.38. The highest BCUT2D eigenvalue weighted by molar-refractivity contribution is 5.94. The lowest BCUT2D eigenvalue weighted by Gasteiger charge is -2.38. The van der Waals surface area contributed by atoms with Crippen molar-refractivity contribution < 1.29 is 9.18 Å². The lowest BCUT2D eigenvalue weighted by molar-refractivity contribution is -0.120. The third kappa shape index (κ3) is 5.09. The van der Waals surface area contributed by atoms with E-state index in [1.54, 1.807) is 19.1 Å². The molecule has 1 N–H and O–H groups in total. The standard InChI is InChI=1S/C22H30FN5O/c1-14(2)21-24-16(4)12-20(26-21)28-10-8-27(9-11-28)17(5)22(29)25-18-7-6-15(3)19(23)13-18/h6-7,12-14,17H,8-11H2,1-5H3,(H,25,29)/t17-/m0/s1. The van der Waals surface area contributed by atoms with Gasteiger partial charge in [0.2, 0.25) is 5.91 Å². The van der Waals surface area contributed by atoms with Crippen molar-refractivity contribution in [3.05, 3.63) is 47.2 Å². The first-order valence-corrected chi connectivity index (χ1v) is 10.2. The second-order valence-electron chi connectivity index (χ2n) is 8.03. The summed E-state index contributed by atoms with van der Waals surface area (Å²) in [5.41, 5.74) is 2.02. The molecular formula is C22H30FN5O. The van der Waals surface area contributed by atoms with Crippen molar-refractivity contribution in [1.82, 2.24) is 14.9 Å². The molecule has 1 fully saturated rings. The number of aromatic nitrogens is 2. The Hall–Kier alpha value is -2.54. The largest absolute Gasteiger partial charge is 0.354 e. The molecule has 2 heterocycles. The molecule has 7 heteroatoms. The fourth-order valence-electron chi connectivity index (χ4n) is 3.42. The number of amides is 1. The van der Waals surface area contributed by atoms with Crippen molar-refractivity contribution in [3.8, 4) is 0 Å². The molecule has 1 saturated heterocycles. The van der Waals surface area contributed by atoms with E-state index in [2.05, 4.69) is 33.9 Å². The zero-order valence-corrected chi connectivity index (χ0v) is 17.9. The fraction of sp³-hybridized carbons (Fsp3) is 0.500. The van der Waals surface area contributed by atoms with Crippen molar-refractivity contribution in [2.45, 2.75) is 46.6 Å². The minimum absolute atomic E-state index is 0.123. The van der Waals surface area contributed by atoms with E-state index in [1.807, 2.05) is 19.9 Å². The predicted molar refractivity (Wildman–Crippen MR) is 114 cm³/mol. The normalized spacial score (nSPS) is 16.2. The van der Waals surface area contributed by atoms with Crippen LogP contribution in [0.25, 0.3) is 0 Å². The van der Waals surface area contributed by atoms with Gasteiger partial charge in [0.25, 0.3) is 0 Å². The summed E-state index contributed by atoms with van der Waals surface area (Å²) in [5.74, 6) is 1.66. The van der Waals surface area contributed by atoms with Crippen LogP contribution in [0.15, 0.2) is 24.3 Å². The maximum Gasteiger partial charge on any atom is 0.241 e. The van der Waals surface area contributed by atoms with Crippen LogP contribution in [-0.2, 0) is 4.79 Å². The summed E-state index contributed by atoms with van der Waals surface area (Å²) in [4.78, 5) is 26.2. The van der Waals surface area contributed by atoms with Crippen LogP contribution in [0.4, 0.5) is 15.9 Å². The van der Waals surface area contributed by atoms with Crippen molar-refractivity contribution >= 4 is 17.4 Å². The number of anilines is 2. The van der Waals surface area contributed by atoms with Crippen molar-refractivity contribution in [2.24, 2.45) is 0 Å². The number of piperazine rings is 1. The number of nitrogens with zero attached hydrogens (tertiary/aromatic N) is 4. The van der Waals surface area contributed by atoms with E-state index < -0.39 is 0 Å². The molecule has 0 aliphatic carbocycles. The number of hydrogen-bond donors (Lipinski definition) is 1. The Labute approximate surface area is 172 Å². The Morgan fingerprint density at radius 1 is 1.07 bits per heavy atom. The smallest absolute Gasteiger partial charge is 0.241 e. The maximum absolute atomic E-state index is 13.7. The second-order valence-corrected chi connectivity index (χ2v) is 8.03. The van der Waals surface area contributed by atoms with Gasteiger partial charge in [0, 0.05) is 49.5 Å². The van der Waals surface area contributed by atoms with Gasteiger partial charge in [0.15, 0.2) is 0 Å². The molecule has 0 bridgehead atoms. The van der Waals surface area contributed by atoms with Crippen LogP contribution in [0, 0.1) is 19.7 Å². The second kappa shape index (κ2) is 8.86. The first-order chi connectivity index (χ1) is 13.7. The van der Waals surface area contributed by atoms with Gasteiger partial charge in [-0.05, 0) is 38.5 Å². The van der Waals surface area contributed by atoms with Crippen molar-refractivity contribution in [2.75, 3.05) is 36.4 Å². The summed E-state index contributed by atoms with van der Waals surface area (Å²) in [6.45, 7) is 12.9. The first-order valence-electron chi connectivity index (χ1n) is 10.2. The molecule has 0 saturated carbocycles. The van der Waals surface area contributed by atoms with E-state index in [0.29, 0.717) is 11.3 Å². The lowest BCUT2D eigenvalue weighted by Crippen LogP contribution is -2.53. The van der Waals surface area contributed by atoms with Crippen molar-refractivity contribution in [3.63, 3.8) is 0 Å². The van der Waals surface area contributed by atoms with Crippen LogP contribution in [0.2, 0.25) is 0 Å². The van der Waals surface area contributed by atoms with E-state index >= 15 is 0 Å². The van der Waals surface area contributed by atoms with E-state index in [9.17, 15) is 9.18 Å². The molecule has 2 aromatic rings. The minimum Gasteiger partial charge on any atom is -0.354 e. The zero-order chi connectivity index (χ0) is 21.1. The Balaban J connectivity index is 1.59. The Bertz CT molecular complexity index is 878. The average Bonchev–Trinajstić information content (AvgIpc) is 2.69. The van der Waals surface area contributed by atoms with Gasteiger partial charge in [0.05, 0.1) is 6.04 Å². The average molecular weight is 400 g/mol. The highest BCUT2D eigenvalue weighted by atomic mass is 19.1. The van der Waals surface area contributed by atoms with Crippen LogP contribution in [0.3, 0.4) is 0 Å². The molecule has 1 aromatic heterocycles. The first kappa shape index (κ1) is 21.2. The zero-order valence-electron chi connectivity index (χ0n) is 17.9. The number of hydrogen-bond acceptors (Lipinski definition) is 5. The highest BCUT2D eigenvalue weighted by Crippen LogP contribution is 2.20. The number of nitrogens with one attached hydrogen (secondary N) is 1. The highest BCUT2D eigenvalue weighted by Gasteiger charge is 2.26. The molecule has 0 unspecified atom stereocenters. The van der Waals surface area contributed by atoms with E-state index in [0.717, 1.165) is 43.5 Å². The molecule has 6 nitrogen and oxygen atoms in total. The fourth-order valence-corrected chi connectivity index (χ4v) is 3.42. The summed E-state index contributed by atoms with van der Waals surface area (Å²) in [6, 6.07) is 6.49. The molecule has 1 amide bonds. The molecule has 1 atom stereocenters. The SMILES string of the molecule is Cc1cc(N2CCN([C@@H](C)C(=O)Nc3ccc(C)c(F)c3)CC2)nc(C(C)C)n1. The van der Waals surface area contributed by atoms with Gasteiger partial charge in [-0.25, -0.2) is 14.4 Å². The molecule has 1 aromatic carbocycles. The quantitative estimate of drug-likeness (QED) is 0.834. The molecule has 1 aliphatic rings. The third-order valence-electron chi connectivity index (χ3n) is 5.38. The van der Waals surface area contributed by atoms with Crippen LogP contribution >= 0.6 is 0 Å². The summed E-state index contributed by atoms with van der Waals surface area (Å²) in [7, 11) is 0. The summed E-state index contributed by atoms with van der Waals surface area (Å²) in [5, 5.41) is 2.82. The van der Waals surface area contributed by atoms with Crippen LogP contribution in [0.1, 0.15) is 43.8 Å². The summed E-state index contributed by atoms with van der Waals surface area (Å²) < 4.78 is 13.7. The molecule has 0 radical (unpaired) electrons. The number of carbonyl (C=O) groups excluding carboxylic acids is 1. The maximum atomic E-state index is 13.7. The number of aryl methyl sites for hydroxylation is 2. The lowest BCUT2D eigenvalue weighted by atomic mass is 10.1. The van der Waals surface area contributed by atoms with Gasteiger partial charge in [-0.2, -0.15) is 0 Å². The molecule has 156 valence electrons. The van der Waals surface area contributed by atoms with Gasteiger partial charge in [0.1, 0.15) is 17.5 Å². The van der Waals surface area contributed by atoms with Crippen LogP contribution in [-0.4, -0.2) is 53.0 Å².